The lowest BCUT2D eigenvalue weighted by molar-refractivity contribution is -0.383. The highest BCUT2D eigenvalue weighted by atomic mass is 16.6. The number of hydrogen-bond donors (Lipinski definition) is 3. The zero-order valence-electron chi connectivity index (χ0n) is 12.3. The van der Waals surface area contributed by atoms with Crippen molar-refractivity contribution in [3.05, 3.63) is 70.4 Å². The second kappa shape index (κ2) is 7.42. The van der Waals surface area contributed by atoms with Gasteiger partial charge >= 0.3 is 0 Å². The second-order valence-corrected chi connectivity index (χ2v) is 4.59. The van der Waals surface area contributed by atoms with Gasteiger partial charge in [-0.3, -0.25) is 14.9 Å². The van der Waals surface area contributed by atoms with Crippen molar-refractivity contribution in [3.8, 4) is 11.8 Å². The number of phenols is 1. The van der Waals surface area contributed by atoms with Gasteiger partial charge < -0.3 is 15.7 Å². The molecule has 0 aromatic heterocycles. The normalized spacial score (nSPS) is 10.5. The molecule has 0 bridgehead atoms. The highest BCUT2D eigenvalue weighted by molar-refractivity contribution is 6.07. The fourth-order valence-corrected chi connectivity index (χ4v) is 1.83. The van der Waals surface area contributed by atoms with Crippen molar-refractivity contribution >= 4 is 23.0 Å². The van der Waals surface area contributed by atoms with Crippen LogP contribution in [0.4, 0.5) is 17.1 Å². The molecule has 2 rings (SSSR count). The van der Waals surface area contributed by atoms with Crippen LogP contribution >= 0.6 is 0 Å². The fraction of sp³-hybridized carbons (Fsp3) is 0. The number of aromatic hydroxyl groups is 1. The predicted octanol–water partition coefficient (Wildman–Crippen LogP) is 2.76. The lowest BCUT2D eigenvalue weighted by Gasteiger charge is -2.06. The Kier molecular flexibility index (Phi) is 5.10. The number of phenolic OH excluding ortho intramolecular Hbond substituents is 1. The Balaban J connectivity index is 2.16. The molecule has 0 fully saturated rings. The molecule has 0 radical (unpaired) electrons. The van der Waals surface area contributed by atoms with Crippen molar-refractivity contribution in [1.29, 1.82) is 5.26 Å². The fourth-order valence-electron chi connectivity index (χ4n) is 1.83. The van der Waals surface area contributed by atoms with E-state index in [1.165, 1.54) is 36.4 Å². The van der Waals surface area contributed by atoms with Gasteiger partial charge in [0.05, 0.1) is 4.92 Å². The van der Waals surface area contributed by atoms with Gasteiger partial charge in [0, 0.05) is 24.0 Å². The molecule has 120 valence electrons. The molecule has 8 nitrogen and oxygen atoms in total. The zero-order chi connectivity index (χ0) is 17.5. The van der Waals surface area contributed by atoms with Crippen molar-refractivity contribution in [2.45, 2.75) is 0 Å². The Bertz CT molecular complexity index is 855. The van der Waals surface area contributed by atoms with Crippen LogP contribution in [-0.4, -0.2) is 15.9 Å². The van der Waals surface area contributed by atoms with Crippen molar-refractivity contribution < 1.29 is 14.8 Å². The molecule has 0 atom stereocenters. The summed E-state index contributed by atoms with van der Waals surface area (Å²) in [5.41, 5.74) is -0.0900. The number of anilines is 2. The summed E-state index contributed by atoms with van der Waals surface area (Å²) in [6.07, 6.45) is 1.15. The molecule has 0 heterocycles. The van der Waals surface area contributed by atoms with Gasteiger partial charge in [-0.15, -0.1) is 0 Å². The number of amides is 1. The van der Waals surface area contributed by atoms with Crippen LogP contribution in [0.5, 0.6) is 5.75 Å². The van der Waals surface area contributed by atoms with Crippen LogP contribution in [0.3, 0.4) is 0 Å². The van der Waals surface area contributed by atoms with E-state index in [2.05, 4.69) is 10.6 Å². The molecule has 2 aromatic carbocycles. The third-order valence-electron chi connectivity index (χ3n) is 2.94. The van der Waals surface area contributed by atoms with E-state index in [1.54, 1.807) is 18.2 Å². The van der Waals surface area contributed by atoms with Crippen LogP contribution in [0, 0.1) is 21.4 Å². The molecular formula is C16H12N4O4. The maximum atomic E-state index is 12.1. The van der Waals surface area contributed by atoms with E-state index in [0.29, 0.717) is 5.69 Å². The highest BCUT2D eigenvalue weighted by Crippen LogP contribution is 2.23. The molecule has 0 aliphatic heterocycles. The first-order valence-corrected chi connectivity index (χ1v) is 6.72. The first-order valence-electron chi connectivity index (χ1n) is 6.72. The summed E-state index contributed by atoms with van der Waals surface area (Å²) in [6.45, 7) is 0. The summed E-state index contributed by atoms with van der Waals surface area (Å²) < 4.78 is 0. The molecule has 0 aliphatic rings. The Morgan fingerprint density at radius 1 is 1.25 bits per heavy atom. The minimum atomic E-state index is -0.792. The average molecular weight is 324 g/mol. The minimum absolute atomic E-state index is 0.00833. The summed E-state index contributed by atoms with van der Waals surface area (Å²) in [6, 6.07) is 13.4. The number of nitrogens with zero attached hydrogens (tertiary/aromatic N) is 2. The molecule has 0 unspecified atom stereocenters. The largest absolute Gasteiger partial charge is 0.508 e. The maximum absolute atomic E-state index is 12.1. The number of carbonyl (C=O) groups excluding carboxylic acids is 1. The Labute approximate surface area is 136 Å². The van der Waals surface area contributed by atoms with Crippen LogP contribution in [0.25, 0.3) is 0 Å². The van der Waals surface area contributed by atoms with E-state index in [1.807, 2.05) is 0 Å². The Morgan fingerprint density at radius 3 is 2.67 bits per heavy atom. The quantitative estimate of drug-likeness (QED) is 0.336. The summed E-state index contributed by atoms with van der Waals surface area (Å²) in [4.78, 5) is 22.4. The molecule has 1 amide bonds. The van der Waals surface area contributed by atoms with Crippen molar-refractivity contribution in [2.24, 2.45) is 0 Å². The third kappa shape index (κ3) is 4.08. The topological polar surface area (TPSA) is 128 Å². The van der Waals surface area contributed by atoms with Crippen LogP contribution < -0.4 is 10.6 Å². The van der Waals surface area contributed by atoms with Gasteiger partial charge in [0.15, 0.2) is 0 Å². The Hall–Kier alpha value is -3.86. The number of nitro benzene ring substituents is 1. The third-order valence-corrected chi connectivity index (χ3v) is 2.94. The number of nitriles is 1. The molecule has 8 heteroatoms. The molecular weight excluding hydrogens is 312 g/mol. The highest BCUT2D eigenvalue weighted by Gasteiger charge is 2.17. The molecule has 3 N–H and O–H groups in total. The molecule has 24 heavy (non-hydrogen) atoms. The second-order valence-electron chi connectivity index (χ2n) is 4.59. The molecule has 0 saturated carbocycles. The van der Waals surface area contributed by atoms with E-state index in [-0.39, 0.29) is 22.7 Å². The summed E-state index contributed by atoms with van der Waals surface area (Å²) >= 11 is 0. The summed E-state index contributed by atoms with van der Waals surface area (Å²) in [7, 11) is 0. The van der Waals surface area contributed by atoms with E-state index in [9.17, 15) is 20.0 Å². The monoisotopic (exact) mass is 324 g/mol. The summed E-state index contributed by atoms with van der Waals surface area (Å²) in [5, 5.41) is 34.4. The van der Waals surface area contributed by atoms with E-state index in [4.69, 9.17) is 5.26 Å². The number of rotatable bonds is 5. The molecule has 0 saturated heterocycles. The van der Waals surface area contributed by atoms with Crippen molar-refractivity contribution in [2.75, 3.05) is 10.6 Å². The molecule has 2 aromatic rings. The number of nitrogens with one attached hydrogen (secondary N) is 2. The molecule has 0 spiro atoms. The summed E-state index contributed by atoms with van der Waals surface area (Å²) in [5.74, 6) is -0.768. The number of carbonyl (C=O) groups is 1. The van der Waals surface area contributed by atoms with E-state index in [0.717, 1.165) is 6.20 Å². The van der Waals surface area contributed by atoms with Gasteiger partial charge in [-0.2, -0.15) is 5.26 Å². The van der Waals surface area contributed by atoms with Crippen molar-refractivity contribution in [1.82, 2.24) is 0 Å². The lowest BCUT2D eigenvalue weighted by Crippen LogP contribution is -2.15. The minimum Gasteiger partial charge on any atom is -0.508 e. The van der Waals surface area contributed by atoms with Gasteiger partial charge in [0.25, 0.3) is 11.6 Å². The SMILES string of the molecule is N#C/C(=C/Nc1cccc(O)c1)C(=O)Nc1ccccc1[N+](=O)[O-]. The zero-order valence-corrected chi connectivity index (χ0v) is 12.3. The van der Waals surface area contributed by atoms with Crippen LogP contribution in [0.2, 0.25) is 0 Å². The van der Waals surface area contributed by atoms with E-state index < -0.39 is 10.8 Å². The van der Waals surface area contributed by atoms with Gasteiger partial charge in [-0.05, 0) is 18.2 Å². The van der Waals surface area contributed by atoms with Crippen LogP contribution in [-0.2, 0) is 4.79 Å². The molecule has 0 aliphatic carbocycles. The van der Waals surface area contributed by atoms with Gasteiger partial charge in [0.2, 0.25) is 0 Å². The standard InChI is InChI=1S/C16H12N4O4/c17-9-11(10-18-12-4-3-5-13(21)8-12)16(22)19-14-6-1-2-7-15(14)20(23)24/h1-8,10,18,21H,(H,19,22)/b11-10-. The Morgan fingerprint density at radius 2 is 2.00 bits per heavy atom. The smallest absolute Gasteiger partial charge is 0.292 e. The van der Waals surface area contributed by atoms with Gasteiger partial charge in [-0.25, -0.2) is 0 Å². The number of benzene rings is 2. The average Bonchev–Trinajstić information content (AvgIpc) is 2.55. The van der Waals surface area contributed by atoms with Gasteiger partial charge in [0.1, 0.15) is 23.1 Å². The van der Waals surface area contributed by atoms with Gasteiger partial charge in [-0.1, -0.05) is 18.2 Å². The van der Waals surface area contributed by atoms with Crippen LogP contribution in [0.15, 0.2) is 60.3 Å². The van der Waals surface area contributed by atoms with E-state index >= 15 is 0 Å². The number of hydrogen-bond acceptors (Lipinski definition) is 6. The number of para-hydroxylation sites is 2. The first kappa shape index (κ1) is 16.5. The predicted molar refractivity (Wildman–Crippen MR) is 87.2 cm³/mol. The van der Waals surface area contributed by atoms with Crippen LogP contribution in [0.1, 0.15) is 0 Å². The maximum Gasteiger partial charge on any atom is 0.292 e. The first-order chi connectivity index (χ1) is 11.5. The number of nitro groups is 1. The lowest BCUT2D eigenvalue weighted by atomic mass is 10.2. The van der Waals surface area contributed by atoms with Crippen molar-refractivity contribution in [3.63, 3.8) is 0 Å².